The van der Waals surface area contributed by atoms with Crippen molar-refractivity contribution >= 4 is 15.5 Å². The number of anilines is 1. The standard InChI is InChI=1S/C13H18FNO2S/c1-9(7-10-3-4-10)15-13-8-11(18(2,16)17)5-6-12(13)14/h5-6,8-10,15H,3-4,7H2,1-2H3. The molecule has 1 fully saturated rings. The van der Waals surface area contributed by atoms with Crippen molar-refractivity contribution in [2.24, 2.45) is 5.92 Å². The number of halogens is 1. The molecule has 0 spiro atoms. The van der Waals surface area contributed by atoms with Crippen LogP contribution in [0.2, 0.25) is 0 Å². The fourth-order valence-corrected chi connectivity index (χ4v) is 2.67. The Morgan fingerprint density at radius 3 is 2.67 bits per heavy atom. The van der Waals surface area contributed by atoms with Crippen LogP contribution in [0, 0.1) is 11.7 Å². The third-order valence-electron chi connectivity index (χ3n) is 3.15. The first-order chi connectivity index (χ1) is 8.36. The number of benzene rings is 1. The van der Waals surface area contributed by atoms with Crippen molar-refractivity contribution < 1.29 is 12.8 Å². The van der Waals surface area contributed by atoms with Gasteiger partial charge in [0.25, 0.3) is 0 Å². The maximum atomic E-state index is 13.6. The van der Waals surface area contributed by atoms with E-state index in [0.29, 0.717) is 0 Å². The Labute approximate surface area is 107 Å². The minimum atomic E-state index is -3.30. The van der Waals surface area contributed by atoms with Gasteiger partial charge in [0.2, 0.25) is 0 Å². The summed E-state index contributed by atoms with van der Waals surface area (Å²) < 4.78 is 36.5. The summed E-state index contributed by atoms with van der Waals surface area (Å²) in [4.78, 5) is 0.144. The fraction of sp³-hybridized carbons (Fsp3) is 0.538. The Hall–Kier alpha value is -1.10. The molecule has 5 heteroatoms. The summed E-state index contributed by atoms with van der Waals surface area (Å²) in [5.41, 5.74) is 0.270. The van der Waals surface area contributed by atoms with Crippen LogP contribution in [-0.4, -0.2) is 20.7 Å². The molecule has 1 saturated carbocycles. The van der Waals surface area contributed by atoms with Gasteiger partial charge in [-0.05, 0) is 37.5 Å². The number of hydrogen-bond acceptors (Lipinski definition) is 3. The summed E-state index contributed by atoms with van der Waals surface area (Å²) in [7, 11) is -3.30. The molecule has 100 valence electrons. The monoisotopic (exact) mass is 271 g/mol. The number of rotatable bonds is 5. The second-order valence-electron chi connectivity index (χ2n) is 5.14. The molecule has 1 N–H and O–H groups in total. The molecular formula is C13H18FNO2S. The lowest BCUT2D eigenvalue weighted by molar-refractivity contribution is 0.598. The van der Waals surface area contributed by atoms with Gasteiger partial charge in [-0.2, -0.15) is 0 Å². The molecule has 0 bridgehead atoms. The van der Waals surface area contributed by atoms with Crippen LogP contribution in [0.1, 0.15) is 26.2 Å². The molecule has 1 aromatic rings. The molecule has 0 heterocycles. The Balaban J connectivity index is 2.15. The summed E-state index contributed by atoms with van der Waals surface area (Å²) in [5.74, 6) is 0.332. The van der Waals surface area contributed by atoms with E-state index in [1.54, 1.807) is 0 Å². The second-order valence-corrected chi connectivity index (χ2v) is 7.15. The lowest BCUT2D eigenvalue weighted by Gasteiger charge is -2.16. The normalized spacial score (nSPS) is 17.5. The average molecular weight is 271 g/mol. The topological polar surface area (TPSA) is 46.2 Å². The summed E-state index contributed by atoms with van der Waals surface area (Å²) in [6.07, 6.45) is 4.62. The number of nitrogens with one attached hydrogen (secondary N) is 1. The van der Waals surface area contributed by atoms with Crippen molar-refractivity contribution in [3.63, 3.8) is 0 Å². The van der Waals surface area contributed by atoms with Crippen molar-refractivity contribution in [1.29, 1.82) is 0 Å². The summed E-state index contributed by atoms with van der Waals surface area (Å²) in [6, 6.07) is 4.01. The molecule has 1 unspecified atom stereocenters. The van der Waals surface area contributed by atoms with Crippen LogP contribution < -0.4 is 5.32 Å². The predicted octanol–water partition coefficient (Wildman–Crippen LogP) is 2.83. The van der Waals surface area contributed by atoms with Gasteiger partial charge < -0.3 is 5.32 Å². The van der Waals surface area contributed by atoms with Crippen molar-refractivity contribution in [3.8, 4) is 0 Å². The number of sulfone groups is 1. The minimum Gasteiger partial charge on any atom is -0.380 e. The molecule has 18 heavy (non-hydrogen) atoms. The zero-order chi connectivity index (χ0) is 13.3. The quantitative estimate of drug-likeness (QED) is 0.838. The van der Waals surface area contributed by atoms with Gasteiger partial charge in [0.15, 0.2) is 9.84 Å². The van der Waals surface area contributed by atoms with Crippen molar-refractivity contribution in [2.45, 2.75) is 37.1 Å². The van der Waals surface area contributed by atoms with Crippen LogP contribution in [0.15, 0.2) is 23.1 Å². The van der Waals surface area contributed by atoms with Crippen molar-refractivity contribution in [1.82, 2.24) is 0 Å². The highest BCUT2D eigenvalue weighted by Gasteiger charge is 2.24. The minimum absolute atomic E-state index is 0.144. The lowest BCUT2D eigenvalue weighted by atomic mass is 10.1. The van der Waals surface area contributed by atoms with E-state index in [-0.39, 0.29) is 16.6 Å². The van der Waals surface area contributed by atoms with Crippen LogP contribution in [0.3, 0.4) is 0 Å². The van der Waals surface area contributed by atoms with Crippen LogP contribution in [0.5, 0.6) is 0 Å². The van der Waals surface area contributed by atoms with Gasteiger partial charge in [0, 0.05) is 12.3 Å². The van der Waals surface area contributed by atoms with E-state index in [1.807, 2.05) is 6.92 Å². The predicted molar refractivity (Wildman–Crippen MR) is 69.9 cm³/mol. The largest absolute Gasteiger partial charge is 0.380 e. The molecule has 2 rings (SSSR count). The van der Waals surface area contributed by atoms with E-state index in [2.05, 4.69) is 5.32 Å². The van der Waals surface area contributed by atoms with Gasteiger partial charge in [-0.3, -0.25) is 0 Å². The van der Waals surface area contributed by atoms with Crippen molar-refractivity contribution in [2.75, 3.05) is 11.6 Å². The van der Waals surface area contributed by atoms with Gasteiger partial charge >= 0.3 is 0 Å². The maximum Gasteiger partial charge on any atom is 0.175 e. The van der Waals surface area contributed by atoms with Gasteiger partial charge in [0.1, 0.15) is 5.82 Å². The van der Waals surface area contributed by atoms with Gasteiger partial charge in [-0.15, -0.1) is 0 Å². The molecule has 1 aliphatic rings. The highest BCUT2D eigenvalue weighted by atomic mass is 32.2. The van der Waals surface area contributed by atoms with Crippen LogP contribution >= 0.6 is 0 Å². The highest BCUT2D eigenvalue weighted by Crippen LogP contribution is 2.34. The van der Waals surface area contributed by atoms with E-state index >= 15 is 0 Å². The lowest BCUT2D eigenvalue weighted by Crippen LogP contribution is -2.17. The van der Waals surface area contributed by atoms with E-state index in [4.69, 9.17) is 0 Å². The molecule has 1 aromatic carbocycles. The average Bonchev–Trinajstić information content (AvgIpc) is 3.03. The van der Waals surface area contributed by atoms with E-state index in [0.717, 1.165) is 18.6 Å². The van der Waals surface area contributed by atoms with Gasteiger partial charge in [-0.25, -0.2) is 12.8 Å². The van der Waals surface area contributed by atoms with Gasteiger partial charge in [0.05, 0.1) is 10.6 Å². The molecule has 0 aliphatic heterocycles. The Morgan fingerprint density at radius 2 is 2.11 bits per heavy atom. The summed E-state index contributed by atoms with van der Waals surface area (Å²) >= 11 is 0. The number of hydrogen-bond donors (Lipinski definition) is 1. The summed E-state index contributed by atoms with van der Waals surface area (Å²) in [5, 5.41) is 3.05. The van der Waals surface area contributed by atoms with Crippen LogP contribution in [-0.2, 0) is 9.84 Å². The molecule has 3 nitrogen and oxygen atoms in total. The first-order valence-electron chi connectivity index (χ1n) is 6.12. The SMILES string of the molecule is CC(CC1CC1)Nc1cc(S(C)(=O)=O)ccc1F. The van der Waals surface area contributed by atoms with Gasteiger partial charge in [-0.1, -0.05) is 12.8 Å². The van der Waals surface area contributed by atoms with Crippen LogP contribution in [0.25, 0.3) is 0 Å². The van der Waals surface area contributed by atoms with Crippen molar-refractivity contribution in [3.05, 3.63) is 24.0 Å². The first kappa shape index (κ1) is 13.3. The third-order valence-corrected chi connectivity index (χ3v) is 4.26. The molecular weight excluding hydrogens is 253 g/mol. The molecule has 0 amide bonds. The maximum absolute atomic E-state index is 13.6. The molecule has 1 aliphatic carbocycles. The second kappa shape index (κ2) is 4.88. The molecule has 0 aromatic heterocycles. The summed E-state index contributed by atoms with van der Waals surface area (Å²) in [6.45, 7) is 1.99. The molecule has 0 saturated heterocycles. The first-order valence-corrected chi connectivity index (χ1v) is 8.01. The Bertz CT molecular complexity index is 538. The smallest absolute Gasteiger partial charge is 0.175 e. The zero-order valence-electron chi connectivity index (χ0n) is 10.6. The van der Waals surface area contributed by atoms with Crippen LogP contribution in [0.4, 0.5) is 10.1 Å². The third kappa shape index (κ3) is 3.45. The molecule has 0 radical (unpaired) electrons. The zero-order valence-corrected chi connectivity index (χ0v) is 11.4. The fourth-order valence-electron chi connectivity index (χ4n) is 2.02. The van der Waals surface area contributed by atoms with E-state index in [1.165, 1.54) is 31.0 Å². The molecule has 1 atom stereocenters. The Kier molecular flexibility index (Phi) is 3.61. The Morgan fingerprint density at radius 1 is 1.44 bits per heavy atom. The van der Waals surface area contributed by atoms with E-state index < -0.39 is 15.7 Å². The van der Waals surface area contributed by atoms with E-state index in [9.17, 15) is 12.8 Å². The highest BCUT2D eigenvalue weighted by molar-refractivity contribution is 7.90.